The van der Waals surface area contributed by atoms with Crippen molar-refractivity contribution in [2.45, 2.75) is 23.8 Å². The summed E-state index contributed by atoms with van der Waals surface area (Å²) in [6, 6.07) is 14.1. The number of thiophene rings is 1. The fourth-order valence-corrected chi connectivity index (χ4v) is 5.87. The smallest absolute Gasteiger partial charge is 0.326 e. The Labute approximate surface area is 233 Å². The quantitative estimate of drug-likeness (QED) is 0.0819. The number of rotatable bonds is 12. The van der Waals surface area contributed by atoms with Crippen LogP contribution in [-0.4, -0.2) is 61.2 Å². The SMILES string of the molecule is CN(c1cccc(S(=O)(=O)Nc2ccsc2C(=O)N[C@@H](CCCN=C(N)N)C(=O)O)c1)c1n[nH]c2ccccc12. The molecule has 0 aliphatic rings. The summed E-state index contributed by atoms with van der Waals surface area (Å²) in [5.41, 5.74) is 12.0. The number of hydrogen-bond acceptors (Lipinski definition) is 8. The van der Waals surface area contributed by atoms with Gasteiger partial charge in [-0.05, 0) is 54.6 Å². The number of carbonyl (C=O) groups is 2. The lowest BCUT2D eigenvalue weighted by molar-refractivity contribution is -0.139. The van der Waals surface area contributed by atoms with Gasteiger partial charge in [-0.15, -0.1) is 11.3 Å². The number of sulfonamides is 1. The average molecular weight is 585 g/mol. The first-order chi connectivity index (χ1) is 19.1. The van der Waals surface area contributed by atoms with E-state index in [0.717, 1.165) is 22.2 Å². The highest BCUT2D eigenvalue weighted by Gasteiger charge is 2.25. The van der Waals surface area contributed by atoms with E-state index in [0.29, 0.717) is 17.9 Å². The van der Waals surface area contributed by atoms with Crippen molar-refractivity contribution in [1.29, 1.82) is 0 Å². The van der Waals surface area contributed by atoms with Gasteiger partial charge in [-0.3, -0.25) is 19.6 Å². The number of anilines is 3. The number of carbonyl (C=O) groups excluding carboxylic acids is 1. The summed E-state index contributed by atoms with van der Waals surface area (Å²) in [7, 11) is -2.33. The van der Waals surface area contributed by atoms with Crippen LogP contribution in [0.2, 0.25) is 0 Å². The molecule has 0 spiro atoms. The standard InChI is InChI=1S/C25H28N8O5S2/c1-33(22-17-8-2-3-9-18(17)30-31-22)15-6-4-7-16(14-15)40(37,38)32-19-11-13-39-21(19)23(34)29-20(24(35)36)10-5-12-28-25(26)27/h2-4,6-9,11,13-14,20,32H,5,10,12H2,1H3,(H,29,34)(H,30,31)(H,35,36)(H4,26,27,28)/t20-/m0/s1. The number of aliphatic carboxylic acids is 1. The lowest BCUT2D eigenvalue weighted by Crippen LogP contribution is -2.40. The van der Waals surface area contributed by atoms with Crippen molar-refractivity contribution in [3.8, 4) is 0 Å². The fraction of sp³-hybridized carbons (Fsp3) is 0.200. The van der Waals surface area contributed by atoms with Crippen molar-refractivity contribution >= 4 is 67.3 Å². The zero-order valence-corrected chi connectivity index (χ0v) is 23.0. The average Bonchev–Trinajstić information content (AvgIpc) is 3.56. The van der Waals surface area contributed by atoms with Crippen molar-refractivity contribution in [3.05, 3.63) is 64.9 Å². The third-order valence-corrected chi connectivity index (χ3v) is 8.22. The first kappa shape index (κ1) is 28.4. The zero-order valence-electron chi connectivity index (χ0n) is 21.4. The van der Waals surface area contributed by atoms with E-state index in [1.807, 2.05) is 24.3 Å². The van der Waals surface area contributed by atoms with E-state index in [-0.39, 0.29) is 34.4 Å². The van der Waals surface area contributed by atoms with Gasteiger partial charge >= 0.3 is 5.97 Å². The highest BCUT2D eigenvalue weighted by atomic mass is 32.2. The van der Waals surface area contributed by atoms with Gasteiger partial charge < -0.3 is 26.8 Å². The van der Waals surface area contributed by atoms with Crippen LogP contribution in [0.15, 0.2) is 69.9 Å². The van der Waals surface area contributed by atoms with Crippen LogP contribution in [0.3, 0.4) is 0 Å². The molecule has 40 heavy (non-hydrogen) atoms. The molecular weight excluding hydrogens is 556 g/mol. The number of hydrogen-bond donors (Lipinski definition) is 6. The molecule has 13 nitrogen and oxygen atoms in total. The summed E-state index contributed by atoms with van der Waals surface area (Å²) < 4.78 is 29.1. The van der Waals surface area contributed by atoms with Crippen LogP contribution >= 0.6 is 11.3 Å². The Morgan fingerprint density at radius 3 is 2.70 bits per heavy atom. The minimum absolute atomic E-state index is 0.0234. The van der Waals surface area contributed by atoms with Gasteiger partial charge in [-0.1, -0.05) is 18.2 Å². The van der Waals surface area contributed by atoms with Crippen LogP contribution < -0.4 is 26.4 Å². The van der Waals surface area contributed by atoms with Crippen LogP contribution in [-0.2, 0) is 14.8 Å². The van der Waals surface area contributed by atoms with Crippen molar-refractivity contribution in [1.82, 2.24) is 15.5 Å². The van der Waals surface area contributed by atoms with E-state index in [9.17, 15) is 23.1 Å². The molecule has 0 radical (unpaired) electrons. The molecule has 15 heteroatoms. The van der Waals surface area contributed by atoms with Crippen molar-refractivity contribution in [2.24, 2.45) is 16.5 Å². The first-order valence-corrected chi connectivity index (χ1v) is 14.4. The number of nitrogens with one attached hydrogen (secondary N) is 3. The summed E-state index contributed by atoms with van der Waals surface area (Å²) in [5, 5.41) is 21.7. The largest absolute Gasteiger partial charge is 0.480 e. The lowest BCUT2D eigenvalue weighted by Gasteiger charge is -2.18. The number of H-pyrrole nitrogens is 1. The van der Waals surface area contributed by atoms with E-state index in [1.165, 1.54) is 23.6 Å². The molecule has 0 saturated heterocycles. The molecule has 0 unspecified atom stereocenters. The third-order valence-electron chi connectivity index (χ3n) is 5.95. The van der Waals surface area contributed by atoms with E-state index >= 15 is 0 Å². The molecule has 0 bridgehead atoms. The number of guanidine groups is 1. The highest BCUT2D eigenvalue weighted by molar-refractivity contribution is 7.92. The number of carboxylic acids is 1. The van der Waals surface area contributed by atoms with Crippen LogP contribution in [0.5, 0.6) is 0 Å². The minimum atomic E-state index is -4.11. The van der Waals surface area contributed by atoms with Crippen molar-refractivity contribution in [3.63, 3.8) is 0 Å². The lowest BCUT2D eigenvalue weighted by atomic mass is 10.1. The molecule has 8 N–H and O–H groups in total. The highest BCUT2D eigenvalue weighted by Crippen LogP contribution is 2.31. The number of aliphatic imine (C=N–C) groups is 1. The Morgan fingerprint density at radius 1 is 1.18 bits per heavy atom. The second-order valence-electron chi connectivity index (χ2n) is 8.73. The number of aromatic nitrogens is 2. The second kappa shape index (κ2) is 12.0. The molecule has 4 aromatic rings. The van der Waals surface area contributed by atoms with Gasteiger partial charge in [0.2, 0.25) is 0 Å². The Kier molecular flexibility index (Phi) is 8.55. The maximum Gasteiger partial charge on any atom is 0.326 e. The number of fused-ring (bicyclic) bond motifs is 1. The fourth-order valence-electron chi connectivity index (χ4n) is 3.94. The molecule has 210 valence electrons. The molecule has 0 aliphatic heterocycles. The van der Waals surface area contributed by atoms with Gasteiger partial charge in [0.1, 0.15) is 10.9 Å². The van der Waals surface area contributed by atoms with Crippen molar-refractivity contribution in [2.75, 3.05) is 23.2 Å². The Hall–Kier alpha value is -4.63. The Balaban J connectivity index is 1.50. The van der Waals surface area contributed by atoms with Crippen molar-refractivity contribution < 1.29 is 23.1 Å². The van der Waals surface area contributed by atoms with Gasteiger partial charge in [0, 0.05) is 24.7 Å². The molecule has 4 rings (SSSR count). The van der Waals surface area contributed by atoms with Crippen LogP contribution in [0.25, 0.3) is 10.9 Å². The van der Waals surface area contributed by atoms with E-state index < -0.39 is 27.9 Å². The summed E-state index contributed by atoms with van der Waals surface area (Å²) in [4.78, 5) is 30.1. The molecule has 1 atom stereocenters. The molecule has 0 saturated carbocycles. The zero-order chi connectivity index (χ0) is 28.9. The monoisotopic (exact) mass is 584 g/mol. The molecule has 2 aromatic heterocycles. The maximum absolute atomic E-state index is 13.3. The van der Waals surface area contributed by atoms with Crippen LogP contribution in [0.1, 0.15) is 22.5 Å². The number of carboxylic acid groups (broad SMARTS) is 1. The predicted octanol–water partition coefficient (Wildman–Crippen LogP) is 2.43. The topological polar surface area (TPSA) is 209 Å². The number of amides is 1. The van der Waals surface area contributed by atoms with Gasteiger partial charge in [0.25, 0.3) is 15.9 Å². The van der Waals surface area contributed by atoms with Gasteiger partial charge in [-0.2, -0.15) is 5.10 Å². The van der Waals surface area contributed by atoms with E-state index in [2.05, 4.69) is 25.2 Å². The first-order valence-electron chi connectivity index (χ1n) is 12.0. The second-order valence-corrected chi connectivity index (χ2v) is 11.3. The Morgan fingerprint density at radius 2 is 1.95 bits per heavy atom. The number of nitrogens with zero attached hydrogens (tertiary/aromatic N) is 3. The third kappa shape index (κ3) is 6.50. The number of benzene rings is 2. The maximum atomic E-state index is 13.3. The van der Waals surface area contributed by atoms with E-state index in [4.69, 9.17) is 11.5 Å². The molecular formula is C25H28N8O5S2. The van der Waals surface area contributed by atoms with E-state index in [1.54, 1.807) is 24.1 Å². The number of nitrogens with two attached hydrogens (primary N) is 2. The molecule has 2 heterocycles. The molecule has 0 fully saturated rings. The van der Waals surface area contributed by atoms with Gasteiger partial charge in [-0.25, -0.2) is 13.2 Å². The Bertz CT molecular complexity index is 1660. The molecule has 0 aliphatic carbocycles. The van der Waals surface area contributed by atoms with Gasteiger partial charge in [0.05, 0.1) is 16.1 Å². The number of aromatic amines is 1. The molecule has 2 aromatic carbocycles. The minimum Gasteiger partial charge on any atom is -0.480 e. The molecule has 1 amide bonds. The summed E-state index contributed by atoms with van der Waals surface area (Å²) in [6.07, 6.45) is 0.397. The van der Waals surface area contributed by atoms with Gasteiger partial charge in [0.15, 0.2) is 11.8 Å². The normalized spacial score (nSPS) is 12.0. The van der Waals surface area contributed by atoms with Crippen LogP contribution in [0.4, 0.5) is 17.2 Å². The summed E-state index contributed by atoms with van der Waals surface area (Å²) in [5.74, 6) is -1.44. The predicted molar refractivity (Wildman–Crippen MR) is 155 cm³/mol. The van der Waals surface area contributed by atoms with Crippen LogP contribution in [0, 0.1) is 0 Å². The number of para-hydroxylation sites is 1. The summed E-state index contributed by atoms with van der Waals surface area (Å²) >= 11 is 0.980. The summed E-state index contributed by atoms with van der Waals surface area (Å²) in [6.45, 7) is 0.205.